The smallest absolute Gasteiger partial charge is 0.127 e. The average Bonchev–Trinajstić information content (AvgIpc) is 2.45. The Morgan fingerprint density at radius 1 is 1.19 bits per heavy atom. The molecule has 108 valence electrons. The summed E-state index contributed by atoms with van der Waals surface area (Å²) in [5.74, 6) is -0.619. The lowest BCUT2D eigenvalue weighted by molar-refractivity contribution is 0.299. The van der Waals surface area contributed by atoms with E-state index in [1.54, 1.807) is 13.0 Å². The summed E-state index contributed by atoms with van der Waals surface area (Å²) in [6, 6.07) is 9.52. The molecule has 0 unspecified atom stereocenters. The molecule has 1 atom stereocenters. The lowest BCUT2D eigenvalue weighted by Gasteiger charge is -2.14. The van der Waals surface area contributed by atoms with Gasteiger partial charge >= 0.3 is 0 Å². The topological polar surface area (TPSA) is 59.0 Å². The Balaban J connectivity index is 2.26. The summed E-state index contributed by atoms with van der Waals surface area (Å²) in [4.78, 5) is 0. The van der Waals surface area contributed by atoms with Crippen molar-refractivity contribution >= 4 is 0 Å². The summed E-state index contributed by atoms with van der Waals surface area (Å²) >= 11 is 0. The van der Waals surface area contributed by atoms with Crippen LogP contribution in [0.3, 0.4) is 0 Å². The van der Waals surface area contributed by atoms with Crippen molar-refractivity contribution in [2.75, 3.05) is 0 Å². The first-order valence-corrected chi connectivity index (χ1v) is 6.37. The number of ether oxygens (including phenoxy) is 1. The summed E-state index contributed by atoms with van der Waals surface area (Å²) in [5, 5.41) is 8.99. The molecule has 0 aliphatic rings. The highest BCUT2D eigenvalue weighted by molar-refractivity contribution is 5.39. The normalized spacial score (nSPS) is 11.8. The van der Waals surface area contributed by atoms with Gasteiger partial charge in [-0.2, -0.15) is 5.26 Å². The highest BCUT2D eigenvalue weighted by Gasteiger charge is 2.11. The molecular weight excluding hydrogens is 274 g/mol. The number of nitrogens with zero attached hydrogens (tertiary/aromatic N) is 1. The van der Waals surface area contributed by atoms with Gasteiger partial charge in [0.15, 0.2) is 0 Å². The second kappa shape index (κ2) is 6.33. The number of nitrogens with two attached hydrogens (primary N) is 1. The van der Waals surface area contributed by atoms with Crippen LogP contribution in [0.5, 0.6) is 5.75 Å². The van der Waals surface area contributed by atoms with Crippen molar-refractivity contribution in [3.05, 3.63) is 64.7 Å². The molecule has 2 N–H and O–H groups in total. The zero-order valence-corrected chi connectivity index (χ0v) is 11.4. The van der Waals surface area contributed by atoms with Crippen LogP contribution in [-0.2, 0) is 6.61 Å². The second-order valence-electron chi connectivity index (χ2n) is 4.67. The monoisotopic (exact) mass is 288 g/mol. The molecule has 0 saturated carbocycles. The molecule has 0 saturated heterocycles. The Hall–Kier alpha value is -2.45. The van der Waals surface area contributed by atoms with Gasteiger partial charge in [-0.05, 0) is 31.2 Å². The van der Waals surface area contributed by atoms with E-state index in [9.17, 15) is 8.78 Å². The van der Waals surface area contributed by atoms with E-state index in [4.69, 9.17) is 15.7 Å². The number of rotatable bonds is 4. The van der Waals surface area contributed by atoms with Gasteiger partial charge in [-0.15, -0.1) is 0 Å². The molecule has 2 aromatic rings. The van der Waals surface area contributed by atoms with Crippen LogP contribution in [0.4, 0.5) is 8.78 Å². The molecule has 3 nitrogen and oxygen atoms in total. The summed E-state index contributed by atoms with van der Waals surface area (Å²) in [6.45, 7) is 1.72. The fraction of sp³-hybridized carbons (Fsp3) is 0.188. The van der Waals surface area contributed by atoms with E-state index >= 15 is 0 Å². The molecule has 0 aliphatic carbocycles. The summed E-state index contributed by atoms with van der Waals surface area (Å²) < 4.78 is 32.1. The number of hydrogen-bond donors (Lipinski definition) is 1. The maximum absolute atomic E-state index is 13.3. The minimum atomic E-state index is -0.459. The summed E-state index contributed by atoms with van der Waals surface area (Å²) in [7, 11) is 0. The van der Waals surface area contributed by atoms with Crippen LogP contribution in [0.15, 0.2) is 36.4 Å². The maximum Gasteiger partial charge on any atom is 0.127 e. The van der Waals surface area contributed by atoms with Gasteiger partial charge in [-0.1, -0.05) is 6.07 Å². The first-order chi connectivity index (χ1) is 10.0. The largest absolute Gasteiger partial charge is 0.488 e. The van der Waals surface area contributed by atoms with Crippen LogP contribution in [0.1, 0.15) is 29.7 Å². The van der Waals surface area contributed by atoms with Gasteiger partial charge in [0.1, 0.15) is 24.0 Å². The molecule has 2 aromatic carbocycles. The zero-order valence-electron chi connectivity index (χ0n) is 11.4. The molecule has 0 radical (unpaired) electrons. The quantitative estimate of drug-likeness (QED) is 0.937. The molecule has 0 aromatic heterocycles. The first-order valence-electron chi connectivity index (χ1n) is 6.37. The lowest BCUT2D eigenvalue weighted by atomic mass is 10.1. The fourth-order valence-corrected chi connectivity index (χ4v) is 1.96. The predicted octanol–water partition coefficient (Wildman–Crippen LogP) is 3.44. The van der Waals surface area contributed by atoms with Gasteiger partial charge in [0, 0.05) is 23.2 Å². The number of nitriles is 1. The third kappa shape index (κ3) is 3.56. The van der Waals surface area contributed by atoms with Crippen LogP contribution in [0.25, 0.3) is 0 Å². The van der Waals surface area contributed by atoms with Crippen molar-refractivity contribution in [2.24, 2.45) is 5.73 Å². The molecule has 0 spiro atoms. The van der Waals surface area contributed by atoms with Crippen molar-refractivity contribution in [1.82, 2.24) is 0 Å². The van der Waals surface area contributed by atoms with Crippen molar-refractivity contribution < 1.29 is 13.5 Å². The summed E-state index contributed by atoms with van der Waals surface area (Å²) in [6.07, 6.45) is 0. The van der Waals surface area contributed by atoms with E-state index in [1.165, 1.54) is 30.3 Å². The second-order valence-corrected chi connectivity index (χ2v) is 4.67. The van der Waals surface area contributed by atoms with E-state index in [-0.39, 0.29) is 18.4 Å². The van der Waals surface area contributed by atoms with Crippen LogP contribution in [0.2, 0.25) is 0 Å². The standard InChI is InChI=1S/C16H14F2N2O/c1-10(20)15-5-4-14(18)7-16(15)21-9-12-6-13(17)3-2-11(12)8-19/h2-7,10H,9,20H2,1H3/t10-/m1/s1. The molecule has 5 heteroatoms. The molecule has 0 amide bonds. The number of halogens is 2. The SMILES string of the molecule is C[C@@H](N)c1ccc(F)cc1OCc1cc(F)ccc1C#N. The lowest BCUT2D eigenvalue weighted by Crippen LogP contribution is -2.09. The molecule has 0 bridgehead atoms. The van der Waals surface area contributed by atoms with Gasteiger partial charge < -0.3 is 10.5 Å². The van der Waals surface area contributed by atoms with Crippen molar-refractivity contribution in [2.45, 2.75) is 19.6 Å². The Morgan fingerprint density at radius 3 is 2.52 bits per heavy atom. The molecule has 2 rings (SSSR count). The molecule has 21 heavy (non-hydrogen) atoms. The van der Waals surface area contributed by atoms with E-state index in [1.807, 2.05) is 6.07 Å². The van der Waals surface area contributed by atoms with Gasteiger partial charge in [-0.25, -0.2) is 8.78 Å². The van der Waals surface area contributed by atoms with E-state index in [2.05, 4.69) is 0 Å². The highest BCUT2D eigenvalue weighted by atomic mass is 19.1. The summed E-state index contributed by atoms with van der Waals surface area (Å²) in [5.41, 5.74) is 7.16. The third-order valence-electron chi connectivity index (χ3n) is 3.04. The van der Waals surface area contributed by atoms with Gasteiger partial charge in [0.25, 0.3) is 0 Å². The molecule has 0 aliphatic heterocycles. The van der Waals surface area contributed by atoms with Gasteiger partial charge in [-0.3, -0.25) is 0 Å². The minimum absolute atomic E-state index is 0.0379. The van der Waals surface area contributed by atoms with E-state index in [0.29, 0.717) is 16.7 Å². The molecular formula is C16H14F2N2O. The predicted molar refractivity (Wildman–Crippen MR) is 74.4 cm³/mol. The van der Waals surface area contributed by atoms with Crippen LogP contribution < -0.4 is 10.5 Å². The van der Waals surface area contributed by atoms with Crippen molar-refractivity contribution in [3.8, 4) is 11.8 Å². The van der Waals surface area contributed by atoms with Gasteiger partial charge in [0.05, 0.1) is 11.6 Å². The molecule has 0 fully saturated rings. The first kappa shape index (κ1) is 14.9. The minimum Gasteiger partial charge on any atom is -0.488 e. The van der Waals surface area contributed by atoms with E-state index in [0.717, 1.165) is 0 Å². The number of hydrogen-bond acceptors (Lipinski definition) is 3. The van der Waals surface area contributed by atoms with Crippen molar-refractivity contribution in [3.63, 3.8) is 0 Å². The fourth-order valence-electron chi connectivity index (χ4n) is 1.96. The number of benzene rings is 2. The average molecular weight is 288 g/mol. The molecule has 0 heterocycles. The van der Waals surface area contributed by atoms with Crippen LogP contribution in [0, 0.1) is 23.0 Å². The van der Waals surface area contributed by atoms with Crippen LogP contribution >= 0.6 is 0 Å². The Bertz CT molecular complexity index is 693. The third-order valence-corrected chi connectivity index (χ3v) is 3.04. The highest BCUT2D eigenvalue weighted by Crippen LogP contribution is 2.26. The van der Waals surface area contributed by atoms with Crippen LogP contribution in [-0.4, -0.2) is 0 Å². The Labute approximate surface area is 121 Å². The Kier molecular flexibility index (Phi) is 4.51. The van der Waals surface area contributed by atoms with Gasteiger partial charge in [0.2, 0.25) is 0 Å². The Morgan fingerprint density at radius 2 is 1.86 bits per heavy atom. The van der Waals surface area contributed by atoms with Crippen molar-refractivity contribution in [1.29, 1.82) is 5.26 Å². The maximum atomic E-state index is 13.3. The van der Waals surface area contributed by atoms with E-state index < -0.39 is 11.6 Å². The zero-order chi connectivity index (χ0) is 15.4.